The second-order valence-corrected chi connectivity index (χ2v) is 5.64. The van der Waals surface area contributed by atoms with E-state index in [1.807, 2.05) is 0 Å². The van der Waals surface area contributed by atoms with Crippen molar-refractivity contribution < 1.29 is 27.5 Å². The predicted molar refractivity (Wildman–Crippen MR) is 70.2 cm³/mol. The lowest BCUT2D eigenvalue weighted by molar-refractivity contribution is -0.303. The van der Waals surface area contributed by atoms with Gasteiger partial charge in [0.05, 0.1) is 19.6 Å². The first-order chi connectivity index (χ1) is 10.2. The van der Waals surface area contributed by atoms with Gasteiger partial charge in [0.25, 0.3) is 5.91 Å². The molecule has 0 aromatic carbocycles. The summed E-state index contributed by atoms with van der Waals surface area (Å²) in [4.78, 5) is 27.5. The summed E-state index contributed by atoms with van der Waals surface area (Å²) in [6.45, 7) is -1.13. The lowest BCUT2D eigenvalue weighted by atomic mass is 9.93. The van der Waals surface area contributed by atoms with Crippen molar-refractivity contribution in [1.29, 1.82) is 0 Å². The van der Waals surface area contributed by atoms with Crippen molar-refractivity contribution >= 4 is 23.3 Å². The highest BCUT2D eigenvalue weighted by atomic mass is 32.1. The van der Waals surface area contributed by atoms with Crippen LogP contribution in [-0.4, -0.2) is 53.8 Å². The maximum absolute atomic E-state index is 12.8. The number of likely N-dealkylation sites (tertiary alicyclic amines) is 1. The summed E-state index contributed by atoms with van der Waals surface area (Å²) in [5.74, 6) is -0.688. The minimum atomic E-state index is -4.54. The zero-order chi connectivity index (χ0) is 16.5. The first-order valence-corrected chi connectivity index (χ1v) is 6.95. The number of primary amides is 1. The number of alkyl halides is 3. The number of rotatable bonds is 4. The first kappa shape index (κ1) is 16.5. The monoisotopic (exact) mass is 338 g/mol. The van der Waals surface area contributed by atoms with E-state index in [-0.39, 0.29) is 12.2 Å². The van der Waals surface area contributed by atoms with Crippen LogP contribution >= 0.6 is 11.3 Å². The number of ether oxygens (including phenoxy) is 1. The fraction of sp³-hybridized carbons (Fsp3) is 0.545. The van der Waals surface area contributed by atoms with Gasteiger partial charge < -0.3 is 20.7 Å². The van der Waals surface area contributed by atoms with Gasteiger partial charge in [0, 0.05) is 12.5 Å². The number of carbonyl (C=O) groups is 2. The van der Waals surface area contributed by atoms with Crippen LogP contribution < -0.4 is 11.1 Å². The normalized spacial score (nSPS) is 17.0. The molecule has 0 bridgehead atoms. The molecule has 1 aromatic rings. The summed E-state index contributed by atoms with van der Waals surface area (Å²) in [7, 11) is 0.962. The van der Waals surface area contributed by atoms with E-state index in [0.717, 1.165) is 23.3 Å². The average Bonchev–Trinajstić information content (AvgIpc) is 2.82. The third kappa shape index (κ3) is 2.99. The second-order valence-electron chi connectivity index (χ2n) is 4.70. The number of hydrogen-bond acceptors (Lipinski definition) is 5. The van der Waals surface area contributed by atoms with E-state index in [1.54, 1.807) is 0 Å². The van der Waals surface area contributed by atoms with Crippen LogP contribution in [0.4, 0.5) is 18.0 Å². The van der Waals surface area contributed by atoms with Gasteiger partial charge in [-0.15, -0.1) is 11.3 Å². The van der Waals surface area contributed by atoms with Gasteiger partial charge in [0.1, 0.15) is 10.7 Å². The number of nitrogens with one attached hydrogen (secondary N) is 1. The van der Waals surface area contributed by atoms with Gasteiger partial charge in [0.15, 0.2) is 5.60 Å². The molecule has 2 rings (SSSR count). The van der Waals surface area contributed by atoms with E-state index in [0.29, 0.717) is 5.01 Å². The standard InChI is InChI=1S/C11H13F3N4O3S/c1-21-10(11(12,13)14)4-18(5-10)9(20)16-2-7-17-6(3-22-7)8(15)19/h3H,2,4-5H2,1H3,(H2,15,19)(H,16,20). The number of urea groups is 1. The molecule has 7 nitrogen and oxygen atoms in total. The molecule has 0 atom stereocenters. The maximum Gasteiger partial charge on any atom is 0.420 e. The van der Waals surface area contributed by atoms with Gasteiger partial charge >= 0.3 is 12.2 Å². The lowest BCUT2D eigenvalue weighted by Gasteiger charge is -2.49. The molecule has 2 heterocycles. The Hall–Kier alpha value is -1.88. The largest absolute Gasteiger partial charge is 0.420 e. The van der Waals surface area contributed by atoms with E-state index in [1.165, 1.54) is 5.38 Å². The molecule has 0 saturated carbocycles. The third-order valence-corrected chi connectivity index (χ3v) is 4.13. The fourth-order valence-corrected chi connectivity index (χ4v) is 2.63. The van der Waals surface area contributed by atoms with Gasteiger partial charge in [-0.05, 0) is 0 Å². The quantitative estimate of drug-likeness (QED) is 0.845. The second kappa shape index (κ2) is 5.72. The van der Waals surface area contributed by atoms with Crippen LogP contribution in [0.2, 0.25) is 0 Å². The summed E-state index contributed by atoms with van der Waals surface area (Å²) >= 11 is 1.12. The van der Waals surface area contributed by atoms with E-state index < -0.39 is 36.8 Å². The highest BCUT2D eigenvalue weighted by Gasteiger charge is 2.63. The number of nitrogens with two attached hydrogens (primary N) is 1. The van der Waals surface area contributed by atoms with E-state index >= 15 is 0 Å². The van der Waals surface area contributed by atoms with Crippen molar-refractivity contribution in [3.63, 3.8) is 0 Å². The summed E-state index contributed by atoms with van der Waals surface area (Å²) in [6, 6.07) is -0.659. The van der Waals surface area contributed by atoms with Gasteiger partial charge in [-0.3, -0.25) is 4.79 Å². The van der Waals surface area contributed by atoms with Crippen molar-refractivity contribution in [2.75, 3.05) is 20.2 Å². The van der Waals surface area contributed by atoms with E-state index in [2.05, 4.69) is 15.0 Å². The summed E-state index contributed by atoms with van der Waals surface area (Å²) in [6.07, 6.45) is -4.54. The molecule has 0 aliphatic carbocycles. The minimum Gasteiger partial charge on any atom is -0.365 e. The Labute approximate surface area is 127 Å². The van der Waals surface area contributed by atoms with Crippen LogP contribution in [-0.2, 0) is 11.3 Å². The molecule has 0 radical (unpaired) electrons. The SMILES string of the molecule is COC1(C(F)(F)F)CN(C(=O)NCc2nc(C(N)=O)cs2)C1. The molecular weight excluding hydrogens is 325 g/mol. The Morgan fingerprint density at radius 2 is 2.18 bits per heavy atom. The molecule has 0 unspecified atom stereocenters. The number of nitrogens with zero attached hydrogens (tertiary/aromatic N) is 2. The highest BCUT2D eigenvalue weighted by molar-refractivity contribution is 7.09. The van der Waals surface area contributed by atoms with Crippen molar-refractivity contribution in [1.82, 2.24) is 15.2 Å². The Morgan fingerprint density at radius 3 is 2.64 bits per heavy atom. The zero-order valence-corrected chi connectivity index (χ0v) is 12.3. The molecule has 1 saturated heterocycles. The van der Waals surface area contributed by atoms with Gasteiger partial charge in [-0.1, -0.05) is 0 Å². The summed E-state index contributed by atoms with van der Waals surface area (Å²) < 4.78 is 42.9. The molecule has 1 aliphatic rings. The van der Waals surface area contributed by atoms with Crippen LogP contribution in [0.5, 0.6) is 0 Å². The smallest absolute Gasteiger partial charge is 0.365 e. The van der Waals surface area contributed by atoms with Gasteiger partial charge in [-0.25, -0.2) is 9.78 Å². The number of halogens is 3. The van der Waals surface area contributed by atoms with Crippen LogP contribution in [0.3, 0.4) is 0 Å². The van der Waals surface area contributed by atoms with Crippen LogP contribution in [0, 0.1) is 0 Å². The van der Waals surface area contributed by atoms with E-state index in [4.69, 9.17) is 5.73 Å². The van der Waals surface area contributed by atoms with Crippen LogP contribution in [0.15, 0.2) is 5.38 Å². The predicted octanol–water partition coefficient (Wildman–Crippen LogP) is 0.715. The Bertz CT molecular complexity index is 583. The molecule has 3 N–H and O–H groups in total. The fourth-order valence-electron chi connectivity index (χ4n) is 1.91. The molecule has 122 valence electrons. The molecule has 1 fully saturated rings. The van der Waals surface area contributed by atoms with Crippen molar-refractivity contribution in [2.24, 2.45) is 5.73 Å². The van der Waals surface area contributed by atoms with Crippen molar-refractivity contribution in [3.8, 4) is 0 Å². The molecule has 3 amide bonds. The third-order valence-electron chi connectivity index (χ3n) is 3.28. The first-order valence-electron chi connectivity index (χ1n) is 6.07. The Kier molecular flexibility index (Phi) is 4.29. The van der Waals surface area contributed by atoms with Crippen molar-refractivity contribution in [3.05, 3.63) is 16.1 Å². The Morgan fingerprint density at radius 1 is 1.55 bits per heavy atom. The molecule has 1 aliphatic heterocycles. The zero-order valence-electron chi connectivity index (χ0n) is 11.4. The molecule has 22 heavy (non-hydrogen) atoms. The van der Waals surface area contributed by atoms with Gasteiger partial charge in [0.2, 0.25) is 0 Å². The van der Waals surface area contributed by atoms with Crippen LogP contribution in [0.1, 0.15) is 15.5 Å². The summed E-state index contributed by atoms with van der Waals surface area (Å²) in [5, 5.41) is 4.29. The van der Waals surface area contributed by atoms with Crippen LogP contribution in [0.25, 0.3) is 0 Å². The average molecular weight is 338 g/mol. The molecule has 11 heteroatoms. The molecule has 0 spiro atoms. The Balaban J connectivity index is 1.86. The minimum absolute atomic E-state index is 0.000714. The number of hydrogen-bond donors (Lipinski definition) is 2. The topological polar surface area (TPSA) is 97.6 Å². The lowest BCUT2D eigenvalue weighted by Crippen LogP contribution is -2.72. The number of amides is 3. The van der Waals surface area contributed by atoms with Crippen molar-refractivity contribution in [2.45, 2.75) is 18.3 Å². The number of carbonyl (C=O) groups excluding carboxylic acids is 2. The molecule has 1 aromatic heterocycles. The maximum atomic E-state index is 12.8. The number of aromatic nitrogens is 1. The number of thiazole rings is 1. The van der Waals surface area contributed by atoms with E-state index in [9.17, 15) is 22.8 Å². The van der Waals surface area contributed by atoms with Gasteiger partial charge in [-0.2, -0.15) is 13.2 Å². The molecular formula is C11H13F3N4O3S. The highest BCUT2D eigenvalue weighted by Crippen LogP contribution is 2.40. The summed E-state index contributed by atoms with van der Waals surface area (Å²) in [5.41, 5.74) is 2.81. The number of methoxy groups -OCH3 is 1.